The molecule has 3 heterocycles. The van der Waals surface area contributed by atoms with Gasteiger partial charge in [-0.2, -0.15) is 9.40 Å². The molecule has 0 atom stereocenters. The van der Waals surface area contributed by atoms with Crippen molar-refractivity contribution >= 4 is 10.0 Å². The molecule has 0 unspecified atom stereocenters. The molecule has 0 amide bonds. The smallest absolute Gasteiger partial charge is 0.214 e. The number of hydrogen-bond acceptors (Lipinski definition) is 5. The third-order valence-corrected chi connectivity index (χ3v) is 5.00. The summed E-state index contributed by atoms with van der Waals surface area (Å²) in [7, 11) is -1.29. The first kappa shape index (κ1) is 12.4. The van der Waals surface area contributed by atoms with Gasteiger partial charge in [-0.05, 0) is 6.42 Å². The van der Waals surface area contributed by atoms with Crippen LogP contribution in [-0.2, 0) is 23.6 Å². The van der Waals surface area contributed by atoms with Crippen LogP contribution < -0.4 is 0 Å². The van der Waals surface area contributed by atoms with Crippen molar-refractivity contribution in [3.8, 4) is 11.3 Å². The van der Waals surface area contributed by atoms with Gasteiger partial charge in [0.15, 0.2) is 5.76 Å². The number of hydrogen-bond donors (Lipinski definition) is 0. The Morgan fingerprint density at radius 3 is 2.95 bits per heavy atom. The molecule has 19 heavy (non-hydrogen) atoms. The molecule has 1 aliphatic heterocycles. The molecular weight excluding hydrogens is 268 g/mol. The van der Waals surface area contributed by atoms with Gasteiger partial charge in [0.25, 0.3) is 0 Å². The van der Waals surface area contributed by atoms with E-state index in [0.717, 1.165) is 5.56 Å². The van der Waals surface area contributed by atoms with E-state index >= 15 is 0 Å². The Hall–Kier alpha value is -1.67. The van der Waals surface area contributed by atoms with E-state index in [2.05, 4.69) is 10.3 Å². The maximum atomic E-state index is 11.7. The van der Waals surface area contributed by atoms with Crippen LogP contribution in [0.2, 0.25) is 0 Å². The largest absolute Gasteiger partial charge is 0.359 e. The second-order valence-electron chi connectivity index (χ2n) is 4.58. The molecule has 0 spiro atoms. The predicted octanol–water partition coefficient (Wildman–Crippen LogP) is 0.611. The van der Waals surface area contributed by atoms with Crippen molar-refractivity contribution in [3.63, 3.8) is 0 Å². The van der Waals surface area contributed by atoms with E-state index in [1.807, 2.05) is 13.2 Å². The SMILES string of the molecule is Cn1cc(-c2cc(CN3CCCS3(=O)=O)on2)cn1. The maximum Gasteiger partial charge on any atom is 0.214 e. The van der Waals surface area contributed by atoms with Crippen molar-refractivity contribution in [2.24, 2.45) is 7.05 Å². The van der Waals surface area contributed by atoms with E-state index in [1.165, 1.54) is 4.31 Å². The summed E-state index contributed by atoms with van der Waals surface area (Å²) in [6.45, 7) is 0.793. The molecule has 2 aromatic heterocycles. The Morgan fingerprint density at radius 1 is 1.47 bits per heavy atom. The molecule has 0 N–H and O–H groups in total. The van der Waals surface area contributed by atoms with Crippen LogP contribution in [0.1, 0.15) is 12.2 Å². The molecule has 0 bridgehead atoms. The molecule has 1 aliphatic rings. The van der Waals surface area contributed by atoms with Crippen LogP contribution in [0.4, 0.5) is 0 Å². The zero-order valence-corrected chi connectivity index (χ0v) is 11.3. The Kier molecular flexibility index (Phi) is 2.90. The fraction of sp³-hybridized carbons (Fsp3) is 0.455. The number of aryl methyl sites for hydroxylation is 1. The number of nitrogens with zero attached hydrogens (tertiary/aromatic N) is 4. The molecule has 2 aromatic rings. The summed E-state index contributed by atoms with van der Waals surface area (Å²) >= 11 is 0. The van der Waals surface area contributed by atoms with Gasteiger partial charge in [0.2, 0.25) is 10.0 Å². The molecule has 0 saturated carbocycles. The maximum absolute atomic E-state index is 11.7. The van der Waals surface area contributed by atoms with Gasteiger partial charge in [-0.25, -0.2) is 8.42 Å². The van der Waals surface area contributed by atoms with Crippen molar-refractivity contribution in [3.05, 3.63) is 24.2 Å². The van der Waals surface area contributed by atoms with E-state index in [1.54, 1.807) is 16.9 Å². The van der Waals surface area contributed by atoms with Crippen molar-refractivity contribution in [2.45, 2.75) is 13.0 Å². The summed E-state index contributed by atoms with van der Waals surface area (Å²) in [5.41, 5.74) is 1.52. The van der Waals surface area contributed by atoms with Gasteiger partial charge in [0.1, 0.15) is 5.69 Å². The average Bonchev–Trinajstić information content (AvgIpc) is 3.02. The van der Waals surface area contributed by atoms with Crippen LogP contribution in [0.3, 0.4) is 0 Å². The van der Waals surface area contributed by atoms with Gasteiger partial charge in [0, 0.05) is 31.4 Å². The summed E-state index contributed by atoms with van der Waals surface area (Å²) in [4.78, 5) is 0. The van der Waals surface area contributed by atoms with E-state index < -0.39 is 10.0 Å². The molecule has 3 rings (SSSR count). The van der Waals surface area contributed by atoms with E-state index in [9.17, 15) is 8.42 Å². The van der Waals surface area contributed by atoms with Gasteiger partial charge >= 0.3 is 0 Å². The first-order valence-corrected chi connectivity index (χ1v) is 7.58. The van der Waals surface area contributed by atoms with Gasteiger partial charge in [0.05, 0.1) is 18.5 Å². The van der Waals surface area contributed by atoms with Crippen molar-refractivity contribution < 1.29 is 12.9 Å². The lowest BCUT2D eigenvalue weighted by Gasteiger charge is -2.10. The second-order valence-corrected chi connectivity index (χ2v) is 6.67. The molecule has 0 radical (unpaired) electrons. The molecule has 102 valence electrons. The Bertz CT molecular complexity index is 688. The van der Waals surface area contributed by atoms with Crippen LogP contribution in [0.5, 0.6) is 0 Å². The summed E-state index contributed by atoms with van der Waals surface area (Å²) < 4.78 is 31.7. The first-order valence-electron chi connectivity index (χ1n) is 5.97. The molecule has 0 aliphatic carbocycles. The third-order valence-electron chi connectivity index (χ3n) is 3.09. The Morgan fingerprint density at radius 2 is 2.32 bits per heavy atom. The van der Waals surface area contributed by atoms with Crippen molar-refractivity contribution in [1.82, 2.24) is 19.2 Å². The number of sulfonamides is 1. The molecule has 8 heteroatoms. The normalized spacial score (nSPS) is 19.0. The molecule has 0 aromatic carbocycles. The summed E-state index contributed by atoms with van der Waals surface area (Å²) in [5.74, 6) is 0.765. The van der Waals surface area contributed by atoms with Crippen LogP contribution >= 0.6 is 0 Å². The van der Waals surface area contributed by atoms with Crippen molar-refractivity contribution in [2.75, 3.05) is 12.3 Å². The minimum absolute atomic E-state index is 0.219. The Balaban J connectivity index is 1.79. The quantitative estimate of drug-likeness (QED) is 0.824. The van der Waals surface area contributed by atoms with Gasteiger partial charge in [-0.15, -0.1) is 0 Å². The molecule has 1 fully saturated rings. The average molecular weight is 282 g/mol. The van der Waals surface area contributed by atoms with E-state index in [-0.39, 0.29) is 12.3 Å². The lowest BCUT2D eigenvalue weighted by atomic mass is 10.2. The van der Waals surface area contributed by atoms with E-state index in [4.69, 9.17) is 4.52 Å². The van der Waals surface area contributed by atoms with Crippen LogP contribution in [0.15, 0.2) is 23.0 Å². The predicted molar refractivity (Wildman–Crippen MR) is 67.5 cm³/mol. The summed E-state index contributed by atoms with van der Waals surface area (Å²) in [5, 5.41) is 8.00. The molecule has 1 saturated heterocycles. The standard InChI is InChI=1S/C11H14N4O3S/c1-14-7-9(6-12-14)11-5-10(18-13-11)8-15-3-2-4-19(15,16)17/h5-7H,2-4,8H2,1H3. The highest BCUT2D eigenvalue weighted by atomic mass is 32.2. The highest BCUT2D eigenvalue weighted by Gasteiger charge is 2.29. The Labute approximate surface area is 110 Å². The zero-order valence-electron chi connectivity index (χ0n) is 10.5. The first-order chi connectivity index (χ1) is 9.04. The molecule has 7 nitrogen and oxygen atoms in total. The van der Waals surface area contributed by atoms with Crippen LogP contribution in [0.25, 0.3) is 11.3 Å². The van der Waals surface area contributed by atoms with Crippen LogP contribution in [0, 0.1) is 0 Å². The lowest BCUT2D eigenvalue weighted by Crippen LogP contribution is -2.24. The third kappa shape index (κ3) is 2.41. The summed E-state index contributed by atoms with van der Waals surface area (Å²) in [6.07, 6.45) is 4.19. The van der Waals surface area contributed by atoms with Gasteiger partial charge < -0.3 is 4.52 Å². The highest BCUT2D eigenvalue weighted by Crippen LogP contribution is 2.21. The summed E-state index contributed by atoms with van der Waals surface area (Å²) in [6, 6.07) is 1.75. The lowest BCUT2D eigenvalue weighted by molar-refractivity contribution is 0.333. The van der Waals surface area contributed by atoms with Gasteiger partial charge in [-0.1, -0.05) is 5.16 Å². The number of rotatable bonds is 3. The monoisotopic (exact) mass is 282 g/mol. The fourth-order valence-electron chi connectivity index (χ4n) is 2.12. The number of aromatic nitrogens is 3. The zero-order chi connectivity index (χ0) is 13.5. The fourth-order valence-corrected chi connectivity index (χ4v) is 3.60. The van der Waals surface area contributed by atoms with E-state index in [0.29, 0.717) is 24.4 Å². The van der Waals surface area contributed by atoms with Crippen molar-refractivity contribution in [1.29, 1.82) is 0 Å². The topological polar surface area (TPSA) is 81.2 Å². The second kappa shape index (κ2) is 4.46. The highest BCUT2D eigenvalue weighted by molar-refractivity contribution is 7.89. The van der Waals surface area contributed by atoms with Crippen LogP contribution in [-0.4, -0.2) is 40.0 Å². The van der Waals surface area contributed by atoms with Gasteiger partial charge in [-0.3, -0.25) is 4.68 Å². The minimum atomic E-state index is -3.11. The minimum Gasteiger partial charge on any atom is -0.359 e. The molecular formula is C11H14N4O3S.